The lowest BCUT2D eigenvalue weighted by Gasteiger charge is -2.06. The smallest absolute Gasteiger partial charge is 0.240 e. The number of rotatable bonds is 7. The minimum Gasteiger partial charge on any atom is -0.395 e. The van der Waals surface area contributed by atoms with Crippen molar-refractivity contribution in [2.45, 2.75) is 18.2 Å². The van der Waals surface area contributed by atoms with Crippen LogP contribution in [0.5, 0.6) is 0 Å². The first-order valence-electron chi connectivity index (χ1n) is 6.54. The van der Waals surface area contributed by atoms with Gasteiger partial charge >= 0.3 is 0 Å². The largest absolute Gasteiger partial charge is 0.395 e. The second-order valence-electron chi connectivity index (χ2n) is 4.13. The number of aliphatic hydroxyl groups excluding tert-OH is 1. The highest BCUT2D eigenvalue weighted by Crippen LogP contribution is 2.10. The molecule has 5 nitrogen and oxygen atoms in total. The van der Waals surface area contributed by atoms with Crippen molar-refractivity contribution in [3.63, 3.8) is 0 Å². The van der Waals surface area contributed by atoms with Gasteiger partial charge in [-0.2, -0.15) is 0 Å². The van der Waals surface area contributed by atoms with Gasteiger partial charge in [0.25, 0.3) is 0 Å². The van der Waals surface area contributed by atoms with Crippen molar-refractivity contribution in [3.8, 4) is 11.8 Å². The van der Waals surface area contributed by atoms with Crippen LogP contribution in [0.2, 0.25) is 0 Å². The van der Waals surface area contributed by atoms with E-state index < -0.39 is 20.8 Å². The predicted octanol–water partition coefficient (Wildman–Crippen LogP) is 0.467. The number of hydrogen-bond donors (Lipinski definition) is 2. The summed E-state index contributed by atoms with van der Waals surface area (Å²) in [5.41, 5.74) is 0.573. The van der Waals surface area contributed by atoms with Crippen LogP contribution in [0.1, 0.15) is 18.9 Å². The van der Waals surface area contributed by atoms with Crippen LogP contribution < -0.4 is 4.72 Å². The lowest BCUT2D eigenvalue weighted by Crippen LogP contribution is -2.28. The van der Waals surface area contributed by atoms with Gasteiger partial charge in [-0.25, -0.2) is 13.1 Å². The molecule has 0 bridgehead atoms. The van der Waals surface area contributed by atoms with E-state index >= 15 is 0 Å². The van der Waals surface area contributed by atoms with E-state index in [9.17, 15) is 12.6 Å². The van der Waals surface area contributed by atoms with Gasteiger partial charge in [0.15, 0.2) is 0 Å². The van der Waals surface area contributed by atoms with E-state index in [1.165, 1.54) is 12.1 Å². The Kier molecular flexibility index (Phi) is 7.61. The van der Waals surface area contributed by atoms with Crippen LogP contribution in [0.4, 0.5) is 0 Å². The van der Waals surface area contributed by atoms with Gasteiger partial charge < -0.3 is 5.11 Å². The molecule has 0 saturated carbocycles. The molecule has 1 aromatic carbocycles. The fourth-order valence-electron chi connectivity index (χ4n) is 1.48. The molecule has 1 atom stereocenters. The molecule has 0 aromatic heterocycles. The molecule has 0 aliphatic rings. The molecular formula is C14H19NO4S2. The molecule has 1 unspecified atom stereocenters. The number of nitrogens with one attached hydrogen (secondary N) is 1. The first-order chi connectivity index (χ1) is 9.99. The second kappa shape index (κ2) is 8.95. The predicted molar refractivity (Wildman–Crippen MR) is 83.8 cm³/mol. The third-order valence-electron chi connectivity index (χ3n) is 2.56. The maximum atomic E-state index is 12.1. The lowest BCUT2D eigenvalue weighted by molar-refractivity contribution is 0.305. The van der Waals surface area contributed by atoms with Gasteiger partial charge in [0.05, 0.1) is 11.5 Å². The number of aliphatic hydroxyl groups is 1. The van der Waals surface area contributed by atoms with Gasteiger partial charge in [-0.05, 0) is 18.2 Å². The summed E-state index contributed by atoms with van der Waals surface area (Å²) in [6.07, 6.45) is 0.345. The van der Waals surface area contributed by atoms with E-state index in [1.807, 2.05) is 0 Å². The third-order valence-corrected chi connectivity index (χ3v) is 5.32. The third kappa shape index (κ3) is 6.40. The molecule has 0 aliphatic carbocycles. The van der Waals surface area contributed by atoms with Gasteiger partial charge in [-0.15, -0.1) is 0 Å². The number of hydrogen-bond acceptors (Lipinski definition) is 4. The van der Waals surface area contributed by atoms with Crippen molar-refractivity contribution >= 4 is 20.8 Å². The van der Waals surface area contributed by atoms with E-state index in [4.69, 9.17) is 5.11 Å². The van der Waals surface area contributed by atoms with Crippen molar-refractivity contribution in [3.05, 3.63) is 29.8 Å². The molecule has 2 N–H and O–H groups in total. The zero-order chi connectivity index (χ0) is 15.7. The Morgan fingerprint density at radius 2 is 2.14 bits per heavy atom. The Balaban J connectivity index is 2.77. The SMILES string of the molecule is CCS(=O)CCNS(=O)(=O)c1cccc(C#CCCO)c1. The van der Waals surface area contributed by atoms with Gasteiger partial charge in [0.2, 0.25) is 10.0 Å². The Hall–Kier alpha value is -1.20. The summed E-state index contributed by atoms with van der Waals surface area (Å²) in [7, 11) is -4.62. The zero-order valence-corrected chi connectivity index (χ0v) is 13.5. The summed E-state index contributed by atoms with van der Waals surface area (Å²) < 4.78 is 37.9. The van der Waals surface area contributed by atoms with E-state index in [0.717, 1.165) is 0 Å². The van der Waals surface area contributed by atoms with Crippen molar-refractivity contribution in [2.75, 3.05) is 24.7 Å². The zero-order valence-electron chi connectivity index (χ0n) is 11.8. The van der Waals surface area contributed by atoms with Crippen LogP contribution in [0.25, 0.3) is 0 Å². The van der Waals surface area contributed by atoms with E-state index in [2.05, 4.69) is 16.6 Å². The highest BCUT2D eigenvalue weighted by molar-refractivity contribution is 7.89. The minimum atomic E-state index is -3.62. The van der Waals surface area contributed by atoms with Gasteiger partial charge in [0.1, 0.15) is 0 Å². The molecule has 0 fully saturated rings. The van der Waals surface area contributed by atoms with E-state index in [0.29, 0.717) is 23.5 Å². The first-order valence-corrected chi connectivity index (χ1v) is 9.51. The van der Waals surface area contributed by atoms with E-state index in [-0.39, 0.29) is 18.0 Å². The fraction of sp³-hybridized carbons (Fsp3) is 0.429. The highest BCUT2D eigenvalue weighted by atomic mass is 32.2. The normalized spacial score (nSPS) is 12.5. The Morgan fingerprint density at radius 3 is 2.81 bits per heavy atom. The van der Waals surface area contributed by atoms with Crippen molar-refractivity contribution in [1.29, 1.82) is 0 Å². The molecule has 0 spiro atoms. The van der Waals surface area contributed by atoms with Gasteiger partial charge in [0, 0.05) is 40.8 Å². The number of sulfonamides is 1. The maximum absolute atomic E-state index is 12.1. The van der Waals surface area contributed by atoms with Crippen LogP contribution >= 0.6 is 0 Å². The van der Waals surface area contributed by atoms with Gasteiger partial charge in [-0.3, -0.25) is 4.21 Å². The van der Waals surface area contributed by atoms with Crippen molar-refractivity contribution < 1.29 is 17.7 Å². The van der Waals surface area contributed by atoms with Crippen LogP contribution in [-0.2, 0) is 20.8 Å². The summed E-state index contributed by atoms with van der Waals surface area (Å²) in [6.45, 7) is 1.91. The molecule has 1 aromatic rings. The fourth-order valence-corrected chi connectivity index (χ4v) is 3.30. The average molecular weight is 329 g/mol. The molecule has 1 rings (SSSR count). The molecule has 0 aliphatic heterocycles. The Labute approximate surface area is 128 Å². The molecule has 0 saturated heterocycles. The van der Waals surface area contributed by atoms with Crippen molar-refractivity contribution in [1.82, 2.24) is 4.72 Å². The Bertz CT molecular complexity index is 644. The standard InChI is InChI=1S/C14H19NO4S2/c1-2-20(17)11-9-15-21(18,19)14-8-5-7-13(12-14)6-3-4-10-16/h5,7-8,12,15-16H,2,4,9-11H2,1H3. The summed E-state index contributed by atoms with van der Waals surface area (Å²) in [6, 6.07) is 6.27. The van der Waals surface area contributed by atoms with Crippen LogP contribution in [0.3, 0.4) is 0 Å². The monoisotopic (exact) mass is 329 g/mol. The topological polar surface area (TPSA) is 83.5 Å². The summed E-state index contributed by atoms with van der Waals surface area (Å²) in [4.78, 5) is 0.126. The average Bonchev–Trinajstić information content (AvgIpc) is 2.47. The molecule has 0 radical (unpaired) electrons. The van der Waals surface area contributed by atoms with Crippen LogP contribution in [0, 0.1) is 11.8 Å². The second-order valence-corrected chi connectivity index (χ2v) is 7.77. The van der Waals surface area contributed by atoms with Crippen LogP contribution in [-0.4, -0.2) is 42.4 Å². The van der Waals surface area contributed by atoms with Crippen molar-refractivity contribution in [2.24, 2.45) is 0 Å². The van der Waals surface area contributed by atoms with Gasteiger partial charge in [-0.1, -0.05) is 24.8 Å². The summed E-state index contributed by atoms with van der Waals surface area (Å²) in [5.74, 6) is 6.34. The molecular weight excluding hydrogens is 310 g/mol. The lowest BCUT2D eigenvalue weighted by atomic mass is 10.2. The maximum Gasteiger partial charge on any atom is 0.240 e. The summed E-state index contributed by atoms with van der Waals surface area (Å²) in [5, 5.41) is 8.66. The molecule has 0 heterocycles. The Morgan fingerprint density at radius 1 is 1.38 bits per heavy atom. The minimum absolute atomic E-state index is 0.0267. The quantitative estimate of drug-likeness (QED) is 0.712. The van der Waals surface area contributed by atoms with E-state index in [1.54, 1.807) is 19.1 Å². The number of benzene rings is 1. The molecule has 0 amide bonds. The molecule has 116 valence electrons. The highest BCUT2D eigenvalue weighted by Gasteiger charge is 2.13. The molecule has 21 heavy (non-hydrogen) atoms. The molecule has 7 heteroatoms. The first kappa shape index (κ1) is 17.9. The van der Waals surface area contributed by atoms with Crippen LogP contribution in [0.15, 0.2) is 29.2 Å². The summed E-state index contributed by atoms with van der Waals surface area (Å²) >= 11 is 0.